The third-order valence-corrected chi connectivity index (χ3v) is 13.8. The average molecular weight is 459 g/mol. The fourth-order valence-electron chi connectivity index (χ4n) is 12.5. The highest BCUT2D eigenvalue weighted by Gasteiger charge is 2.74. The van der Waals surface area contributed by atoms with E-state index < -0.39 is 0 Å². The first kappa shape index (κ1) is 23.3. The lowest BCUT2D eigenvalue weighted by atomic mass is 9.34. The lowest BCUT2D eigenvalue weighted by Gasteiger charge is -2.71. The largest absolute Gasteiger partial charge is 0.393 e. The quantitative estimate of drug-likeness (QED) is 0.444. The number of aliphatic hydroxyl groups is 2. The number of aliphatic hydroxyl groups excluding tert-OH is 2. The van der Waals surface area contributed by atoms with Crippen molar-refractivity contribution in [3.05, 3.63) is 0 Å². The lowest BCUT2D eigenvalue weighted by Crippen LogP contribution is -2.69. The molecule has 0 spiro atoms. The van der Waals surface area contributed by atoms with Crippen molar-refractivity contribution in [2.75, 3.05) is 0 Å². The van der Waals surface area contributed by atoms with E-state index in [1.54, 1.807) is 0 Å². The highest BCUT2D eigenvalue weighted by atomic mass is 16.5. The zero-order chi connectivity index (χ0) is 23.8. The second kappa shape index (κ2) is 6.60. The Kier molecular flexibility index (Phi) is 4.66. The van der Waals surface area contributed by atoms with Crippen molar-refractivity contribution in [2.24, 2.45) is 50.7 Å². The second-order valence-corrected chi connectivity index (χ2v) is 15.7. The Balaban J connectivity index is 1.49. The van der Waals surface area contributed by atoms with Gasteiger partial charge in [-0.3, -0.25) is 0 Å². The van der Waals surface area contributed by atoms with E-state index in [9.17, 15) is 10.2 Å². The van der Waals surface area contributed by atoms with E-state index in [1.807, 2.05) is 0 Å². The first-order chi connectivity index (χ1) is 15.2. The molecule has 188 valence electrons. The van der Waals surface area contributed by atoms with Crippen LogP contribution in [0.25, 0.3) is 0 Å². The minimum Gasteiger partial charge on any atom is -0.393 e. The zero-order valence-corrected chi connectivity index (χ0v) is 22.4. The molecule has 2 unspecified atom stereocenters. The van der Waals surface area contributed by atoms with Crippen LogP contribution >= 0.6 is 0 Å². The SMILES string of the molecule is CC12CCC[C@](C)(C1)[C@H]1CC[C@]3(C)[C@@H]1C(C[C@@H]1[C@@]4(C)CC[C@H](O)C(C)(C)[C@@H]4[C@@H](O)C[C@]13C)O2. The molecule has 1 saturated heterocycles. The minimum absolute atomic E-state index is 0.0349. The van der Waals surface area contributed by atoms with Gasteiger partial charge < -0.3 is 14.9 Å². The Morgan fingerprint density at radius 1 is 0.818 bits per heavy atom. The van der Waals surface area contributed by atoms with Gasteiger partial charge in [-0.1, -0.05) is 48.0 Å². The first-order valence-corrected chi connectivity index (χ1v) is 14.2. The number of fused-ring (bicyclic) bond motifs is 7. The standard InChI is InChI=1S/C30H50O3/c1-25(2)22(32)10-13-28(5)21-15-20-23-18(26(3)11-8-12-27(4,17-26)33-20)9-14-29(23,6)30(21,7)16-19(31)24(25)28/h18-24,31-32H,8-17H2,1-7H3/t18-,19-,20?,21+,22-,23-,24-,26+,27?,28+,29+,30+/m0/s1. The predicted molar refractivity (Wildman–Crippen MR) is 132 cm³/mol. The molecule has 12 atom stereocenters. The van der Waals surface area contributed by atoms with Gasteiger partial charge in [0.2, 0.25) is 0 Å². The molecule has 2 N–H and O–H groups in total. The second-order valence-electron chi connectivity index (χ2n) is 15.7. The van der Waals surface area contributed by atoms with Crippen molar-refractivity contribution in [1.29, 1.82) is 0 Å². The fraction of sp³-hybridized carbons (Fsp3) is 1.00. The molecule has 2 bridgehead atoms. The van der Waals surface area contributed by atoms with Crippen LogP contribution in [-0.2, 0) is 4.74 Å². The van der Waals surface area contributed by atoms with Gasteiger partial charge in [0, 0.05) is 0 Å². The normalized spacial score (nSPS) is 63.7. The summed E-state index contributed by atoms with van der Waals surface area (Å²) in [5, 5.41) is 22.8. The van der Waals surface area contributed by atoms with Crippen molar-refractivity contribution < 1.29 is 14.9 Å². The summed E-state index contributed by atoms with van der Waals surface area (Å²) in [6.45, 7) is 17.1. The molecule has 0 aromatic carbocycles. The maximum Gasteiger partial charge on any atom is 0.0663 e. The number of rotatable bonds is 0. The summed E-state index contributed by atoms with van der Waals surface area (Å²) in [5.41, 5.74) is 0.598. The molecule has 1 aliphatic heterocycles. The maximum absolute atomic E-state index is 11.8. The van der Waals surface area contributed by atoms with Crippen molar-refractivity contribution >= 4 is 0 Å². The van der Waals surface area contributed by atoms with Crippen LogP contribution in [0.15, 0.2) is 0 Å². The molecule has 6 fully saturated rings. The fourth-order valence-corrected chi connectivity index (χ4v) is 12.5. The summed E-state index contributed by atoms with van der Waals surface area (Å²) in [5.74, 6) is 2.09. The Bertz CT molecular complexity index is 838. The van der Waals surface area contributed by atoms with Crippen molar-refractivity contribution in [2.45, 2.75) is 137 Å². The van der Waals surface area contributed by atoms with Crippen LogP contribution < -0.4 is 0 Å². The van der Waals surface area contributed by atoms with Crippen LogP contribution in [0.2, 0.25) is 0 Å². The molecule has 1 heterocycles. The number of hydrogen-bond acceptors (Lipinski definition) is 3. The van der Waals surface area contributed by atoms with Gasteiger partial charge in [-0.25, -0.2) is 0 Å². The van der Waals surface area contributed by atoms with E-state index in [0.29, 0.717) is 23.4 Å². The maximum atomic E-state index is 11.8. The summed E-state index contributed by atoms with van der Waals surface area (Å²) in [6, 6.07) is 0. The molecule has 0 aromatic heterocycles. The molecule has 3 heteroatoms. The topological polar surface area (TPSA) is 49.7 Å². The van der Waals surface area contributed by atoms with Crippen LogP contribution in [0.1, 0.15) is 113 Å². The molecule has 0 amide bonds. The Hall–Kier alpha value is -0.120. The lowest BCUT2D eigenvalue weighted by molar-refractivity contribution is -0.280. The van der Waals surface area contributed by atoms with Gasteiger partial charge in [-0.15, -0.1) is 0 Å². The molecule has 0 aromatic rings. The highest BCUT2D eigenvalue weighted by molar-refractivity contribution is 5.22. The van der Waals surface area contributed by atoms with Crippen LogP contribution in [0, 0.1) is 50.7 Å². The highest BCUT2D eigenvalue weighted by Crippen LogP contribution is 2.78. The van der Waals surface area contributed by atoms with E-state index >= 15 is 0 Å². The summed E-state index contributed by atoms with van der Waals surface area (Å²) in [4.78, 5) is 0. The summed E-state index contributed by atoms with van der Waals surface area (Å²) >= 11 is 0. The molecule has 6 aliphatic rings. The van der Waals surface area contributed by atoms with Crippen LogP contribution in [-0.4, -0.2) is 34.1 Å². The van der Waals surface area contributed by atoms with Gasteiger partial charge in [0.25, 0.3) is 0 Å². The third-order valence-electron chi connectivity index (χ3n) is 13.8. The Labute approximate surface area is 202 Å². The smallest absolute Gasteiger partial charge is 0.0663 e. The molecule has 5 saturated carbocycles. The van der Waals surface area contributed by atoms with Crippen LogP contribution in [0.5, 0.6) is 0 Å². The summed E-state index contributed by atoms with van der Waals surface area (Å²) in [6.07, 6.45) is 11.4. The van der Waals surface area contributed by atoms with Crippen LogP contribution in [0.4, 0.5) is 0 Å². The molecule has 33 heavy (non-hydrogen) atoms. The van der Waals surface area contributed by atoms with Gasteiger partial charge in [-0.2, -0.15) is 0 Å². The number of ether oxygens (including phenoxy) is 1. The van der Waals surface area contributed by atoms with Crippen molar-refractivity contribution in [1.82, 2.24) is 0 Å². The van der Waals surface area contributed by atoms with Crippen LogP contribution in [0.3, 0.4) is 0 Å². The van der Waals surface area contributed by atoms with E-state index in [-0.39, 0.29) is 45.4 Å². The van der Waals surface area contributed by atoms with Gasteiger partial charge >= 0.3 is 0 Å². The molecular weight excluding hydrogens is 408 g/mol. The van der Waals surface area contributed by atoms with Crippen molar-refractivity contribution in [3.63, 3.8) is 0 Å². The van der Waals surface area contributed by atoms with Gasteiger partial charge in [0.15, 0.2) is 0 Å². The molecular formula is C30H50O3. The van der Waals surface area contributed by atoms with Gasteiger partial charge in [0.1, 0.15) is 0 Å². The minimum atomic E-state index is -0.326. The zero-order valence-electron chi connectivity index (χ0n) is 22.4. The monoisotopic (exact) mass is 458 g/mol. The third kappa shape index (κ3) is 2.69. The molecule has 0 radical (unpaired) electrons. The van der Waals surface area contributed by atoms with E-state index in [1.165, 1.54) is 38.5 Å². The van der Waals surface area contributed by atoms with Crippen molar-refractivity contribution in [3.8, 4) is 0 Å². The molecule has 3 nitrogen and oxygen atoms in total. The van der Waals surface area contributed by atoms with E-state index in [2.05, 4.69) is 48.5 Å². The van der Waals surface area contributed by atoms with Gasteiger partial charge in [0.05, 0.1) is 23.9 Å². The molecule has 6 rings (SSSR count). The first-order valence-electron chi connectivity index (χ1n) is 14.2. The molecule has 5 aliphatic carbocycles. The predicted octanol–water partition coefficient (Wildman–Crippen LogP) is 6.35. The van der Waals surface area contributed by atoms with E-state index in [4.69, 9.17) is 4.74 Å². The van der Waals surface area contributed by atoms with E-state index in [0.717, 1.165) is 31.6 Å². The average Bonchev–Trinajstić information content (AvgIpc) is 3.04. The Morgan fingerprint density at radius 3 is 2.27 bits per heavy atom. The number of hydrogen-bond donors (Lipinski definition) is 2. The summed E-state index contributed by atoms with van der Waals surface area (Å²) in [7, 11) is 0. The summed E-state index contributed by atoms with van der Waals surface area (Å²) < 4.78 is 7.29. The Morgan fingerprint density at radius 2 is 1.55 bits per heavy atom. The van der Waals surface area contributed by atoms with Gasteiger partial charge in [-0.05, 0) is 115 Å².